The van der Waals surface area contributed by atoms with E-state index in [1.165, 1.54) is 18.2 Å². The van der Waals surface area contributed by atoms with Crippen LogP contribution in [0.25, 0.3) is 0 Å². The SMILES string of the molecule is COC(=O)[C@]1(O)C=CC=C[C@H]1O. The van der Waals surface area contributed by atoms with Gasteiger partial charge in [-0.3, -0.25) is 0 Å². The van der Waals surface area contributed by atoms with Crippen LogP contribution >= 0.6 is 0 Å². The number of methoxy groups -OCH3 is 1. The summed E-state index contributed by atoms with van der Waals surface area (Å²) in [6, 6.07) is 0. The van der Waals surface area contributed by atoms with E-state index in [0.717, 1.165) is 7.11 Å². The third-order valence-corrected chi connectivity index (χ3v) is 1.72. The van der Waals surface area contributed by atoms with Crippen LogP contribution in [-0.4, -0.2) is 35.0 Å². The smallest absolute Gasteiger partial charge is 0.345 e. The van der Waals surface area contributed by atoms with E-state index in [9.17, 15) is 15.0 Å². The Labute approximate surface area is 69.8 Å². The van der Waals surface area contributed by atoms with Crippen LogP contribution in [0, 0.1) is 0 Å². The van der Waals surface area contributed by atoms with Crippen LogP contribution < -0.4 is 0 Å². The number of hydrogen-bond acceptors (Lipinski definition) is 4. The first-order valence-corrected chi connectivity index (χ1v) is 3.46. The Hall–Kier alpha value is -1.13. The minimum Gasteiger partial charge on any atom is -0.467 e. The van der Waals surface area contributed by atoms with Crippen LogP contribution in [0.5, 0.6) is 0 Å². The second-order valence-corrected chi connectivity index (χ2v) is 2.51. The van der Waals surface area contributed by atoms with Gasteiger partial charge in [-0.05, 0) is 6.08 Å². The number of allylic oxidation sites excluding steroid dienone is 2. The number of aliphatic hydroxyl groups excluding tert-OH is 1. The summed E-state index contributed by atoms with van der Waals surface area (Å²) in [6.07, 6.45) is 4.29. The molecule has 0 saturated carbocycles. The normalized spacial score (nSPS) is 33.4. The van der Waals surface area contributed by atoms with E-state index in [-0.39, 0.29) is 0 Å². The first-order valence-electron chi connectivity index (χ1n) is 3.46. The van der Waals surface area contributed by atoms with Gasteiger partial charge >= 0.3 is 5.97 Å². The van der Waals surface area contributed by atoms with Crippen molar-refractivity contribution in [3.05, 3.63) is 24.3 Å². The molecule has 0 aliphatic heterocycles. The molecule has 0 bridgehead atoms. The Morgan fingerprint density at radius 3 is 2.75 bits per heavy atom. The highest BCUT2D eigenvalue weighted by atomic mass is 16.5. The van der Waals surface area contributed by atoms with Crippen molar-refractivity contribution in [2.45, 2.75) is 11.7 Å². The lowest BCUT2D eigenvalue weighted by molar-refractivity contribution is -0.164. The van der Waals surface area contributed by atoms with E-state index in [2.05, 4.69) is 4.74 Å². The molecule has 2 atom stereocenters. The maximum absolute atomic E-state index is 11.0. The minimum atomic E-state index is -1.93. The van der Waals surface area contributed by atoms with Crippen molar-refractivity contribution in [3.63, 3.8) is 0 Å². The lowest BCUT2D eigenvalue weighted by Crippen LogP contribution is -2.48. The molecule has 66 valence electrons. The molecule has 0 unspecified atom stereocenters. The Kier molecular flexibility index (Phi) is 2.30. The molecule has 0 spiro atoms. The van der Waals surface area contributed by atoms with Gasteiger partial charge in [-0.2, -0.15) is 0 Å². The maximum atomic E-state index is 11.0. The van der Waals surface area contributed by atoms with Crippen LogP contribution in [0.3, 0.4) is 0 Å². The van der Waals surface area contributed by atoms with Gasteiger partial charge in [-0.15, -0.1) is 0 Å². The molecular formula is C8H10O4. The molecule has 1 aliphatic carbocycles. The number of carbonyl (C=O) groups is 1. The van der Waals surface area contributed by atoms with E-state index in [1.54, 1.807) is 6.08 Å². The van der Waals surface area contributed by atoms with Crippen molar-refractivity contribution in [1.29, 1.82) is 0 Å². The van der Waals surface area contributed by atoms with Gasteiger partial charge < -0.3 is 14.9 Å². The van der Waals surface area contributed by atoms with E-state index in [1.807, 2.05) is 0 Å². The quantitative estimate of drug-likeness (QED) is 0.514. The van der Waals surface area contributed by atoms with E-state index < -0.39 is 17.7 Å². The highest BCUT2D eigenvalue weighted by molar-refractivity contribution is 5.83. The maximum Gasteiger partial charge on any atom is 0.345 e. The summed E-state index contributed by atoms with van der Waals surface area (Å²) in [4.78, 5) is 11.0. The molecule has 1 rings (SSSR count). The Morgan fingerprint density at radius 2 is 2.25 bits per heavy atom. The van der Waals surface area contributed by atoms with Crippen molar-refractivity contribution in [1.82, 2.24) is 0 Å². The standard InChI is InChI=1S/C8H10O4/c1-12-7(10)8(11)5-3-2-4-6(8)9/h2-6,9,11H,1H3/t6-,8+/m1/s1. The molecular weight excluding hydrogens is 160 g/mol. The highest BCUT2D eigenvalue weighted by Gasteiger charge is 2.41. The minimum absolute atomic E-state index is 0.865. The zero-order valence-corrected chi connectivity index (χ0v) is 6.60. The third-order valence-electron chi connectivity index (χ3n) is 1.72. The second kappa shape index (κ2) is 3.08. The zero-order valence-electron chi connectivity index (χ0n) is 6.60. The molecule has 12 heavy (non-hydrogen) atoms. The Bertz CT molecular complexity index is 243. The van der Waals surface area contributed by atoms with Crippen LogP contribution in [0.4, 0.5) is 0 Å². The lowest BCUT2D eigenvalue weighted by atomic mass is 9.92. The monoisotopic (exact) mass is 170 g/mol. The number of carbonyl (C=O) groups excluding carboxylic acids is 1. The number of hydrogen-bond donors (Lipinski definition) is 2. The van der Waals surface area contributed by atoms with Gasteiger partial charge in [0.05, 0.1) is 7.11 Å². The summed E-state index contributed by atoms with van der Waals surface area (Å²) < 4.78 is 4.33. The van der Waals surface area contributed by atoms with Crippen LogP contribution in [-0.2, 0) is 9.53 Å². The fourth-order valence-electron chi connectivity index (χ4n) is 0.969. The van der Waals surface area contributed by atoms with Gasteiger partial charge in [-0.1, -0.05) is 18.2 Å². The van der Waals surface area contributed by atoms with Crippen molar-refractivity contribution in [3.8, 4) is 0 Å². The summed E-state index contributed by atoms with van der Waals surface area (Å²) in [7, 11) is 1.15. The second-order valence-electron chi connectivity index (χ2n) is 2.51. The molecule has 0 aromatic rings. The molecule has 0 heterocycles. The Morgan fingerprint density at radius 1 is 1.58 bits per heavy atom. The van der Waals surface area contributed by atoms with Gasteiger partial charge in [0.25, 0.3) is 0 Å². The fraction of sp³-hybridized carbons (Fsp3) is 0.375. The lowest BCUT2D eigenvalue weighted by Gasteiger charge is -2.26. The molecule has 0 radical (unpaired) electrons. The first kappa shape index (κ1) is 8.96. The van der Waals surface area contributed by atoms with Gasteiger partial charge in [0.1, 0.15) is 6.10 Å². The number of ether oxygens (including phenoxy) is 1. The highest BCUT2D eigenvalue weighted by Crippen LogP contribution is 2.19. The topological polar surface area (TPSA) is 66.8 Å². The van der Waals surface area contributed by atoms with Crippen molar-refractivity contribution in [2.24, 2.45) is 0 Å². The molecule has 0 saturated heterocycles. The average Bonchev–Trinajstić information content (AvgIpc) is 2.09. The predicted octanol–water partition coefficient (Wildman–Crippen LogP) is -0.623. The summed E-state index contributed by atoms with van der Waals surface area (Å²) in [5, 5.41) is 18.8. The van der Waals surface area contributed by atoms with Gasteiger partial charge in [0, 0.05) is 0 Å². The summed E-state index contributed by atoms with van der Waals surface area (Å²) in [5.74, 6) is -0.865. The largest absolute Gasteiger partial charge is 0.467 e. The molecule has 0 aromatic heterocycles. The van der Waals surface area contributed by atoms with Crippen LogP contribution in [0.15, 0.2) is 24.3 Å². The molecule has 2 N–H and O–H groups in total. The molecule has 4 nitrogen and oxygen atoms in total. The van der Waals surface area contributed by atoms with Crippen molar-refractivity contribution < 1.29 is 19.7 Å². The molecule has 0 aromatic carbocycles. The number of aliphatic hydroxyl groups is 2. The number of rotatable bonds is 1. The van der Waals surface area contributed by atoms with Crippen molar-refractivity contribution >= 4 is 5.97 Å². The van der Waals surface area contributed by atoms with Crippen LogP contribution in [0.2, 0.25) is 0 Å². The predicted molar refractivity (Wildman–Crippen MR) is 41.3 cm³/mol. The molecule has 0 amide bonds. The van der Waals surface area contributed by atoms with Crippen LogP contribution in [0.1, 0.15) is 0 Å². The summed E-state index contributed by atoms with van der Waals surface area (Å²) in [5.41, 5.74) is -1.93. The summed E-state index contributed by atoms with van der Waals surface area (Å²) in [6.45, 7) is 0. The average molecular weight is 170 g/mol. The van der Waals surface area contributed by atoms with Crippen molar-refractivity contribution in [2.75, 3.05) is 7.11 Å². The van der Waals surface area contributed by atoms with E-state index in [4.69, 9.17) is 0 Å². The van der Waals surface area contributed by atoms with Gasteiger partial charge in [0.15, 0.2) is 0 Å². The van der Waals surface area contributed by atoms with Gasteiger partial charge in [0.2, 0.25) is 5.60 Å². The number of esters is 1. The molecule has 0 fully saturated rings. The summed E-state index contributed by atoms with van der Waals surface area (Å²) >= 11 is 0. The van der Waals surface area contributed by atoms with E-state index >= 15 is 0 Å². The van der Waals surface area contributed by atoms with Gasteiger partial charge in [-0.25, -0.2) is 4.79 Å². The zero-order chi connectivity index (χ0) is 9.19. The Balaban J connectivity index is 2.90. The van der Waals surface area contributed by atoms with E-state index in [0.29, 0.717) is 0 Å². The fourth-order valence-corrected chi connectivity index (χ4v) is 0.969. The molecule has 1 aliphatic rings. The first-order chi connectivity index (χ1) is 5.61. The third kappa shape index (κ3) is 1.26. The molecule has 4 heteroatoms.